The molecule has 3 N–H and O–H groups in total. The van der Waals surface area contributed by atoms with E-state index in [9.17, 15) is 18.3 Å². The van der Waals surface area contributed by atoms with Crippen molar-refractivity contribution in [2.45, 2.75) is 65.4 Å². The molecule has 0 spiro atoms. The summed E-state index contributed by atoms with van der Waals surface area (Å²) in [6.07, 6.45) is 2.42. The Morgan fingerprint density at radius 3 is 2.36 bits per heavy atom. The number of nitrogens with one attached hydrogen (secondary N) is 2. The lowest BCUT2D eigenvalue weighted by molar-refractivity contribution is 0.0696. The molecule has 1 atom stereocenters. The third-order valence-corrected chi connectivity index (χ3v) is 8.55. The molecule has 11 nitrogen and oxygen atoms in total. The van der Waals surface area contributed by atoms with Crippen LogP contribution < -0.4 is 14.8 Å². The second kappa shape index (κ2) is 13.9. The van der Waals surface area contributed by atoms with Gasteiger partial charge in [0, 0.05) is 24.2 Å². The number of carboxylic acid groups (broad SMARTS) is 1. The molecule has 0 amide bonds. The monoisotopic (exact) mass is 652 g/mol. The molecule has 2 aromatic heterocycles. The van der Waals surface area contributed by atoms with E-state index in [0.29, 0.717) is 28.8 Å². The highest BCUT2D eigenvalue weighted by Gasteiger charge is 2.23. The first-order chi connectivity index (χ1) is 21.1. The number of aromatic carboxylic acids is 1. The van der Waals surface area contributed by atoms with E-state index in [-0.39, 0.29) is 40.4 Å². The first-order valence-electron chi connectivity index (χ1n) is 14.3. The van der Waals surface area contributed by atoms with Crippen molar-refractivity contribution in [3.05, 3.63) is 88.0 Å². The van der Waals surface area contributed by atoms with Gasteiger partial charge in [-0.2, -0.15) is 4.98 Å². The van der Waals surface area contributed by atoms with Crippen LogP contribution in [0.15, 0.2) is 59.6 Å². The lowest BCUT2D eigenvalue weighted by atomic mass is 9.88. The summed E-state index contributed by atoms with van der Waals surface area (Å²) >= 11 is 6.17. The van der Waals surface area contributed by atoms with Gasteiger partial charge in [-0.15, -0.1) is 0 Å². The highest BCUT2D eigenvalue weighted by molar-refractivity contribution is 7.92. The largest absolute Gasteiger partial charge is 0.478 e. The number of ether oxygens (including phenoxy) is 1. The fourth-order valence-corrected chi connectivity index (χ4v) is 5.92. The molecule has 4 rings (SSSR count). The number of sulfonamides is 1. The maximum Gasteiger partial charge on any atom is 0.335 e. The molecular weight excluding hydrogens is 616 g/mol. The van der Waals surface area contributed by atoms with Crippen LogP contribution in [-0.2, 0) is 16.6 Å². The molecule has 0 saturated carbocycles. The number of rotatable bonds is 12. The van der Waals surface area contributed by atoms with Crippen LogP contribution in [0.25, 0.3) is 11.3 Å². The van der Waals surface area contributed by atoms with Crippen molar-refractivity contribution in [1.29, 1.82) is 0 Å². The molecule has 238 valence electrons. The minimum atomic E-state index is -4.24. The number of anilines is 1. The third-order valence-electron chi connectivity index (χ3n) is 6.87. The van der Waals surface area contributed by atoms with Gasteiger partial charge < -0.3 is 15.2 Å². The van der Waals surface area contributed by atoms with E-state index in [1.54, 1.807) is 19.2 Å². The molecule has 2 aromatic carbocycles. The Morgan fingerprint density at radius 2 is 1.71 bits per heavy atom. The topological polar surface area (TPSA) is 156 Å². The van der Waals surface area contributed by atoms with Crippen LogP contribution in [0.1, 0.15) is 60.1 Å². The summed E-state index contributed by atoms with van der Waals surface area (Å²) in [5.74, 6) is -1.29. The molecule has 0 saturated heterocycles. The number of aryl methyl sites for hydroxylation is 3. The summed E-state index contributed by atoms with van der Waals surface area (Å²) in [6, 6.07) is 12.4. The number of carboxylic acids is 1. The van der Waals surface area contributed by atoms with Gasteiger partial charge >= 0.3 is 5.97 Å². The number of nitrogens with zero attached hydrogens (tertiary/aromatic N) is 4. The van der Waals surface area contributed by atoms with Crippen molar-refractivity contribution >= 4 is 33.5 Å². The predicted molar refractivity (Wildman–Crippen MR) is 173 cm³/mol. The number of aromatic nitrogens is 4. The van der Waals surface area contributed by atoms with Crippen LogP contribution in [0, 0.1) is 26.2 Å². The Morgan fingerprint density at radius 1 is 1.02 bits per heavy atom. The number of benzene rings is 2. The summed E-state index contributed by atoms with van der Waals surface area (Å²) in [7, 11) is -4.24. The number of hydrogen-bond donors (Lipinski definition) is 3. The molecule has 45 heavy (non-hydrogen) atoms. The first-order valence-corrected chi connectivity index (χ1v) is 16.1. The van der Waals surface area contributed by atoms with E-state index in [1.165, 1.54) is 18.2 Å². The molecule has 0 aliphatic carbocycles. The Hall–Kier alpha value is -4.13. The van der Waals surface area contributed by atoms with Crippen molar-refractivity contribution in [2.24, 2.45) is 5.41 Å². The number of carbonyl (C=O) groups is 1. The molecule has 2 heterocycles. The average Bonchev–Trinajstić information content (AvgIpc) is 2.95. The van der Waals surface area contributed by atoms with Gasteiger partial charge in [0.25, 0.3) is 10.0 Å². The first kappa shape index (κ1) is 33.8. The van der Waals surface area contributed by atoms with Crippen LogP contribution in [0.2, 0.25) is 5.15 Å². The second-order valence-electron chi connectivity index (χ2n) is 12.0. The predicted octanol–water partition coefficient (Wildman–Crippen LogP) is 5.98. The molecule has 4 aromatic rings. The zero-order chi connectivity index (χ0) is 32.9. The van der Waals surface area contributed by atoms with Crippen LogP contribution in [-0.4, -0.2) is 52.1 Å². The lowest BCUT2D eigenvalue weighted by Crippen LogP contribution is -2.37. The lowest BCUT2D eigenvalue weighted by Gasteiger charge is -2.27. The summed E-state index contributed by atoms with van der Waals surface area (Å²) in [6.45, 7) is 12.7. The quantitative estimate of drug-likeness (QED) is 0.166. The fraction of sp³-hybridized carbons (Fsp3) is 0.344. The van der Waals surface area contributed by atoms with Gasteiger partial charge in [0.2, 0.25) is 11.8 Å². The molecule has 0 fully saturated rings. The van der Waals surface area contributed by atoms with Crippen molar-refractivity contribution in [1.82, 2.24) is 25.3 Å². The Kier molecular flexibility index (Phi) is 10.4. The van der Waals surface area contributed by atoms with Crippen LogP contribution in [0.5, 0.6) is 5.88 Å². The maximum atomic E-state index is 13.3. The van der Waals surface area contributed by atoms with E-state index < -0.39 is 16.0 Å². The molecule has 0 aliphatic rings. The van der Waals surface area contributed by atoms with E-state index in [0.717, 1.165) is 29.2 Å². The van der Waals surface area contributed by atoms with Gasteiger partial charge in [-0.3, -0.25) is 4.98 Å². The molecule has 0 aliphatic heterocycles. The van der Waals surface area contributed by atoms with Gasteiger partial charge in [-0.25, -0.2) is 27.9 Å². The second-order valence-corrected chi connectivity index (χ2v) is 14.1. The Balaban J connectivity index is 1.66. The van der Waals surface area contributed by atoms with E-state index in [2.05, 4.69) is 50.7 Å². The standard InChI is InChI=1S/C32H37ClN6O5S/c1-19-9-7-10-20(2)28(19)26-14-27(38-31(37-26)39-45(42,43)25-12-8-11-22(13-25)30(40)41)44-18-23(15-32(4,5)6)35-17-24-16-34-21(3)29(33)36-24/h7-14,16,23,35H,15,17-18H2,1-6H3,(H,40,41)(H,37,38,39)/t23-/m1/s1. The zero-order valence-corrected chi connectivity index (χ0v) is 27.6. The zero-order valence-electron chi connectivity index (χ0n) is 26.1. The van der Waals surface area contributed by atoms with Gasteiger partial charge in [0.15, 0.2) is 5.15 Å². The normalized spacial score (nSPS) is 12.5. The summed E-state index contributed by atoms with van der Waals surface area (Å²) in [5, 5.41) is 13.2. The number of halogens is 1. The van der Waals surface area contributed by atoms with Gasteiger partial charge in [0.05, 0.1) is 33.7 Å². The van der Waals surface area contributed by atoms with E-state index in [4.69, 9.17) is 16.3 Å². The summed E-state index contributed by atoms with van der Waals surface area (Å²) in [5.41, 5.74) is 4.29. The summed E-state index contributed by atoms with van der Waals surface area (Å²) in [4.78, 5) is 28.8. The number of hydrogen-bond acceptors (Lipinski definition) is 9. The third kappa shape index (κ3) is 9.19. The van der Waals surface area contributed by atoms with Crippen molar-refractivity contribution in [3.63, 3.8) is 0 Å². The highest BCUT2D eigenvalue weighted by atomic mass is 35.5. The molecule has 0 radical (unpaired) electrons. The maximum absolute atomic E-state index is 13.3. The summed E-state index contributed by atoms with van der Waals surface area (Å²) < 4.78 is 35.2. The van der Waals surface area contributed by atoms with Crippen LogP contribution in [0.3, 0.4) is 0 Å². The van der Waals surface area contributed by atoms with Crippen molar-refractivity contribution < 1.29 is 23.1 Å². The van der Waals surface area contributed by atoms with Crippen LogP contribution in [0.4, 0.5) is 5.95 Å². The smallest absolute Gasteiger partial charge is 0.335 e. The van der Waals surface area contributed by atoms with Crippen molar-refractivity contribution in [3.8, 4) is 17.1 Å². The average molecular weight is 653 g/mol. The molecule has 13 heteroatoms. The molecular formula is C32H37ClN6O5S. The highest BCUT2D eigenvalue weighted by Crippen LogP contribution is 2.30. The van der Waals surface area contributed by atoms with E-state index >= 15 is 0 Å². The minimum absolute atomic E-state index is 0.0436. The molecule has 0 unspecified atom stereocenters. The van der Waals surface area contributed by atoms with Gasteiger partial charge in [-0.05, 0) is 61.9 Å². The van der Waals surface area contributed by atoms with Crippen molar-refractivity contribution in [2.75, 3.05) is 11.3 Å². The Bertz CT molecular complexity index is 1790. The van der Waals surface area contributed by atoms with E-state index in [1.807, 2.05) is 32.0 Å². The fourth-order valence-electron chi connectivity index (χ4n) is 4.78. The SMILES string of the molecule is Cc1cccc(C)c1-c1cc(OC[C@@H](CC(C)(C)C)NCc2cnc(C)c(Cl)n2)nc(NS(=O)(=O)c2cccc(C(=O)O)c2)n1. The van der Waals surface area contributed by atoms with Gasteiger partial charge in [-0.1, -0.05) is 56.6 Å². The minimum Gasteiger partial charge on any atom is -0.478 e. The molecule has 0 bridgehead atoms. The van der Waals surface area contributed by atoms with Gasteiger partial charge in [0.1, 0.15) is 6.61 Å². The van der Waals surface area contributed by atoms with Crippen LogP contribution >= 0.6 is 11.6 Å². The Labute approximate surface area is 268 Å².